The van der Waals surface area contributed by atoms with E-state index in [9.17, 15) is 15.1 Å². The minimum Gasteiger partial charge on any atom is -0.627 e. The Morgan fingerprint density at radius 3 is 2.50 bits per heavy atom. The molecule has 6 heteroatoms. The van der Waals surface area contributed by atoms with E-state index in [0.717, 1.165) is 12.8 Å². The number of benzene rings is 1. The van der Waals surface area contributed by atoms with Crippen molar-refractivity contribution in [2.45, 2.75) is 12.8 Å². The summed E-state index contributed by atoms with van der Waals surface area (Å²) in [5, 5.41) is 24.2. The molecule has 3 heterocycles. The van der Waals surface area contributed by atoms with E-state index in [4.69, 9.17) is 0 Å². The van der Waals surface area contributed by atoms with Crippen LogP contribution in [0.4, 0.5) is 5.69 Å². The monoisotopic (exact) mass is 323 g/mol. The fourth-order valence-corrected chi connectivity index (χ4v) is 3.44. The second kappa shape index (κ2) is 5.43. The predicted molar refractivity (Wildman–Crippen MR) is 93.1 cm³/mol. The average Bonchev–Trinajstić information content (AvgIpc) is 3.03. The zero-order chi connectivity index (χ0) is 16.7. The van der Waals surface area contributed by atoms with E-state index in [1.807, 2.05) is 18.2 Å². The van der Waals surface area contributed by atoms with E-state index in [1.54, 1.807) is 30.5 Å². The van der Waals surface area contributed by atoms with Crippen LogP contribution in [0.15, 0.2) is 53.5 Å². The van der Waals surface area contributed by atoms with Crippen LogP contribution in [0.3, 0.4) is 0 Å². The van der Waals surface area contributed by atoms with E-state index in [1.165, 1.54) is 4.57 Å². The molecule has 0 atom stereocenters. The topological polar surface area (TPSA) is 78.2 Å². The van der Waals surface area contributed by atoms with Crippen molar-refractivity contribution in [1.29, 1.82) is 0 Å². The van der Waals surface area contributed by atoms with Gasteiger partial charge in [0.15, 0.2) is 11.4 Å². The Hall–Kier alpha value is -2.70. The number of hydrogen-bond donors (Lipinski definition) is 1. The summed E-state index contributed by atoms with van der Waals surface area (Å²) in [5.74, 6) is -0.243. The van der Waals surface area contributed by atoms with Gasteiger partial charge < -0.3 is 15.0 Å². The first-order chi connectivity index (χ1) is 11.6. The minimum absolute atomic E-state index is 0.0862. The van der Waals surface area contributed by atoms with Gasteiger partial charge in [-0.1, -0.05) is 18.2 Å². The standard InChI is InChI=1S/C18H17N3O3/c22-16-14-9-6-10-19-17(14)20(13-7-2-1-3-8-13)18(23)15(16)21(24)11-4-5-12-21/h1-3,6-10,22H,4-5,11-12H2. The smallest absolute Gasteiger partial charge is 0.322 e. The van der Waals surface area contributed by atoms with Crippen LogP contribution in [0, 0.1) is 5.21 Å². The summed E-state index contributed by atoms with van der Waals surface area (Å²) in [6.07, 6.45) is 3.06. The Bertz CT molecular complexity index is 960. The van der Waals surface area contributed by atoms with Gasteiger partial charge in [-0.3, -0.25) is 9.36 Å². The van der Waals surface area contributed by atoms with Crippen LogP contribution in [0.1, 0.15) is 12.8 Å². The largest absolute Gasteiger partial charge is 0.627 e. The van der Waals surface area contributed by atoms with E-state index < -0.39 is 10.2 Å². The number of nitrogens with zero attached hydrogens (tertiary/aromatic N) is 3. The third kappa shape index (κ3) is 2.11. The Labute approximate surface area is 138 Å². The highest BCUT2D eigenvalue weighted by molar-refractivity contribution is 5.88. The molecule has 0 radical (unpaired) electrons. The maximum absolute atomic E-state index is 13.1. The quantitative estimate of drug-likeness (QED) is 0.581. The SMILES string of the molecule is O=c1c([N+]2([O-])CCCC2)c(O)c2cccnc2n1-c1ccccc1. The highest BCUT2D eigenvalue weighted by atomic mass is 16.5. The molecular formula is C18H17N3O3. The molecular weight excluding hydrogens is 306 g/mol. The molecule has 2 aromatic heterocycles. The maximum Gasteiger partial charge on any atom is 0.322 e. The number of fused-ring (bicyclic) bond motifs is 1. The summed E-state index contributed by atoms with van der Waals surface area (Å²) in [4.78, 5) is 17.4. The van der Waals surface area contributed by atoms with Crippen molar-refractivity contribution in [1.82, 2.24) is 14.2 Å². The molecule has 4 rings (SSSR count). The van der Waals surface area contributed by atoms with E-state index in [-0.39, 0.29) is 11.4 Å². The first-order valence-electron chi connectivity index (χ1n) is 7.99. The number of rotatable bonds is 2. The van der Waals surface area contributed by atoms with Gasteiger partial charge >= 0.3 is 5.56 Å². The molecule has 3 aromatic rings. The van der Waals surface area contributed by atoms with Crippen molar-refractivity contribution in [3.63, 3.8) is 0 Å². The summed E-state index contributed by atoms with van der Waals surface area (Å²) in [6.45, 7) is 0.618. The average molecular weight is 323 g/mol. The minimum atomic E-state index is -0.775. The van der Waals surface area contributed by atoms with Crippen molar-refractivity contribution in [3.05, 3.63) is 64.2 Å². The van der Waals surface area contributed by atoms with Crippen LogP contribution in [-0.2, 0) is 0 Å². The van der Waals surface area contributed by atoms with Gasteiger partial charge in [-0.05, 0) is 24.3 Å². The molecule has 6 nitrogen and oxygen atoms in total. The normalized spacial score (nSPS) is 16.5. The van der Waals surface area contributed by atoms with Crippen LogP contribution in [0.2, 0.25) is 0 Å². The molecule has 0 unspecified atom stereocenters. The summed E-state index contributed by atoms with van der Waals surface area (Å²) in [5.41, 5.74) is 0.387. The molecule has 0 spiro atoms. The number of aromatic hydroxyl groups is 1. The van der Waals surface area contributed by atoms with Crippen LogP contribution < -0.4 is 10.2 Å². The van der Waals surface area contributed by atoms with E-state index in [2.05, 4.69) is 4.98 Å². The molecule has 1 aliphatic heterocycles. The molecule has 122 valence electrons. The Kier molecular flexibility index (Phi) is 3.37. The molecule has 1 aromatic carbocycles. The number of pyridine rings is 2. The predicted octanol–water partition coefficient (Wildman–Crippen LogP) is 2.69. The lowest BCUT2D eigenvalue weighted by atomic mass is 10.2. The van der Waals surface area contributed by atoms with Gasteiger partial charge in [0.2, 0.25) is 5.69 Å². The highest BCUT2D eigenvalue weighted by Crippen LogP contribution is 2.37. The fourth-order valence-electron chi connectivity index (χ4n) is 3.44. The number of para-hydroxylation sites is 1. The van der Waals surface area contributed by atoms with Crippen molar-refractivity contribution < 1.29 is 5.11 Å². The first-order valence-corrected chi connectivity index (χ1v) is 7.99. The molecule has 0 saturated carbocycles. The lowest BCUT2D eigenvalue weighted by Gasteiger charge is -2.37. The summed E-state index contributed by atoms with van der Waals surface area (Å²) in [7, 11) is 0. The van der Waals surface area contributed by atoms with E-state index in [0.29, 0.717) is 29.8 Å². The molecule has 0 amide bonds. The van der Waals surface area contributed by atoms with Gasteiger partial charge in [0, 0.05) is 19.0 Å². The summed E-state index contributed by atoms with van der Waals surface area (Å²) < 4.78 is 0.642. The number of quaternary nitrogens is 1. The maximum atomic E-state index is 13.1. The summed E-state index contributed by atoms with van der Waals surface area (Å²) >= 11 is 0. The lowest BCUT2D eigenvalue weighted by Crippen LogP contribution is -2.44. The Morgan fingerprint density at radius 1 is 1.08 bits per heavy atom. The van der Waals surface area contributed by atoms with Crippen LogP contribution in [-0.4, -0.2) is 27.7 Å². The molecule has 1 saturated heterocycles. The Balaban J connectivity index is 2.14. The fraction of sp³-hybridized carbons (Fsp3) is 0.222. The van der Waals surface area contributed by atoms with Gasteiger partial charge in [-0.15, -0.1) is 0 Å². The van der Waals surface area contributed by atoms with Crippen molar-refractivity contribution in [2.24, 2.45) is 0 Å². The van der Waals surface area contributed by atoms with E-state index >= 15 is 0 Å². The third-order valence-corrected chi connectivity index (χ3v) is 4.59. The van der Waals surface area contributed by atoms with Crippen molar-refractivity contribution >= 4 is 16.7 Å². The lowest BCUT2D eigenvalue weighted by molar-refractivity contribution is 0.410. The van der Waals surface area contributed by atoms with Crippen LogP contribution in [0.25, 0.3) is 16.7 Å². The molecule has 1 fully saturated rings. The highest BCUT2D eigenvalue weighted by Gasteiger charge is 2.34. The van der Waals surface area contributed by atoms with Gasteiger partial charge in [0.1, 0.15) is 0 Å². The number of aromatic nitrogens is 2. The van der Waals surface area contributed by atoms with Gasteiger partial charge in [-0.25, -0.2) is 4.98 Å². The van der Waals surface area contributed by atoms with Gasteiger partial charge in [0.05, 0.1) is 24.2 Å². The third-order valence-electron chi connectivity index (χ3n) is 4.59. The Morgan fingerprint density at radius 2 is 1.79 bits per heavy atom. The molecule has 1 aliphatic rings. The molecule has 0 aliphatic carbocycles. The zero-order valence-corrected chi connectivity index (χ0v) is 13.1. The number of hydrogen-bond acceptors (Lipinski definition) is 4. The molecule has 24 heavy (non-hydrogen) atoms. The van der Waals surface area contributed by atoms with Gasteiger partial charge in [0.25, 0.3) is 0 Å². The number of hydroxylamine groups is 2. The van der Waals surface area contributed by atoms with Crippen molar-refractivity contribution in [2.75, 3.05) is 13.1 Å². The second-order valence-corrected chi connectivity index (χ2v) is 6.09. The zero-order valence-electron chi connectivity index (χ0n) is 13.1. The first kappa shape index (κ1) is 14.9. The summed E-state index contributed by atoms with van der Waals surface area (Å²) in [6, 6.07) is 12.4. The second-order valence-electron chi connectivity index (χ2n) is 6.09. The van der Waals surface area contributed by atoms with Crippen LogP contribution in [0.5, 0.6) is 5.75 Å². The molecule has 1 N–H and O–H groups in total. The van der Waals surface area contributed by atoms with Gasteiger partial charge in [-0.2, -0.15) is 0 Å². The molecule has 0 bridgehead atoms. The van der Waals surface area contributed by atoms with Crippen molar-refractivity contribution in [3.8, 4) is 11.4 Å². The van der Waals surface area contributed by atoms with Crippen LogP contribution >= 0.6 is 0 Å².